The van der Waals surface area contributed by atoms with Crippen molar-refractivity contribution in [2.45, 2.75) is 13.0 Å². The molecule has 6 heteroatoms. The second-order valence-corrected chi connectivity index (χ2v) is 3.58. The molecule has 1 aromatic heterocycles. The standard InChI is InChI=1S/C8H7Cl2NO3/c1-4(8(13)14)11-3-5(9)2-6(10)7(11)12/h2-4H,1H3,(H,13,14). The van der Waals surface area contributed by atoms with Crippen LogP contribution in [0.15, 0.2) is 17.1 Å². The molecule has 0 saturated carbocycles. The van der Waals surface area contributed by atoms with Crippen LogP contribution in [0.2, 0.25) is 10.0 Å². The molecule has 0 aliphatic carbocycles. The van der Waals surface area contributed by atoms with Gasteiger partial charge in [-0.15, -0.1) is 0 Å². The predicted octanol–water partition coefficient (Wildman–Crippen LogP) is 1.80. The minimum Gasteiger partial charge on any atom is -0.480 e. The van der Waals surface area contributed by atoms with E-state index in [0.29, 0.717) is 0 Å². The third kappa shape index (κ3) is 2.08. The number of halogens is 2. The third-order valence-electron chi connectivity index (χ3n) is 1.74. The Hall–Kier alpha value is -1.00. The van der Waals surface area contributed by atoms with Crippen molar-refractivity contribution in [1.29, 1.82) is 0 Å². The van der Waals surface area contributed by atoms with Gasteiger partial charge < -0.3 is 5.11 Å². The molecule has 0 aliphatic heterocycles. The summed E-state index contributed by atoms with van der Waals surface area (Å²) >= 11 is 11.2. The Kier molecular flexibility index (Phi) is 3.18. The summed E-state index contributed by atoms with van der Waals surface area (Å²) in [5, 5.41) is 8.83. The number of nitrogens with zero attached hydrogens (tertiary/aromatic N) is 1. The van der Waals surface area contributed by atoms with Gasteiger partial charge in [0.1, 0.15) is 11.1 Å². The summed E-state index contributed by atoms with van der Waals surface area (Å²) in [4.78, 5) is 22.0. The van der Waals surface area contributed by atoms with E-state index in [4.69, 9.17) is 28.3 Å². The van der Waals surface area contributed by atoms with Gasteiger partial charge in [-0.25, -0.2) is 4.79 Å². The second kappa shape index (κ2) is 4.02. The predicted molar refractivity (Wildman–Crippen MR) is 53.1 cm³/mol. The van der Waals surface area contributed by atoms with Gasteiger partial charge in [0.05, 0.1) is 5.02 Å². The lowest BCUT2D eigenvalue weighted by atomic mass is 10.3. The third-order valence-corrected chi connectivity index (χ3v) is 2.22. The highest BCUT2D eigenvalue weighted by Gasteiger charge is 2.16. The summed E-state index contributed by atoms with van der Waals surface area (Å²) in [7, 11) is 0. The van der Waals surface area contributed by atoms with Crippen molar-refractivity contribution in [3.05, 3.63) is 32.7 Å². The average Bonchev–Trinajstić information content (AvgIpc) is 2.09. The number of hydrogen-bond donors (Lipinski definition) is 1. The van der Waals surface area contributed by atoms with Gasteiger partial charge in [-0.05, 0) is 13.0 Å². The first kappa shape index (κ1) is 11.1. The monoisotopic (exact) mass is 235 g/mol. The minimum atomic E-state index is -1.12. The van der Waals surface area contributed by atoms with E-state index in [-0.39, 0.29) is 10.0 Å². The van der Waals surface area contributed by atoms with Gasteiger partial charge in [0.25, 0.3) is 5.56 Å². The van der Waals surface area contributed by atoms with Crippen molar-refractivity contribution < 1.29 is 9.90 Å². The normalized spacial score (nSPS) is 12.5. The Morgan fingerprint density at radius 2 is 2.14 bits per heavy atom. The zero-order valence-corrected chi connectivity index (χ0v) is 8.71. The quantitative estimate of drug-likeness (QED) is 0.851. The van der Waals surface area contributed by atoms with Crippen LogP contribution in [0.4, 0.5) is 0 Å². The maximum atomic E-state index is 11.4. The van der Waals surface area contributed by atoms with Crippen molar-refractivity contribution in [1.82, 2.24) is 4.57 Å². The van der Waals surface area contributed by atoms with Crippen LogP contribution >= 0.6 is 23.2 Å². The van der Waals surface area contributed by atoms with Crippen LogP contribution in [0.1, 0.15) is 13.0 Å². The summed E-state index contributed by atoms with van der Waals surface area (Å²) in [6.45, 7) is 1.37. The first-order valence-corrected chi connectivity index (χ1v) is 4.49. The fourth-order valence-corrected chi connectivity index (χ4v) is 1.43. The van der Waals surface area contributed by atoms with E-state index < -0.39 is 17.6 Å². The Morgan fingerprint density at radius 3 is 2.64 bits per heavy atom. The van der Waals surface area contributed by atoms with Gasteiger partial charge in [0, 0.05) is 6.20 Å². The average molecular weight is 236 g/mol. The number of carboxylic acid groups (broad SMARTS) is 1. The van der Waals surface area contributed by atoms with Crippen molar-refractivity contribution >= 4 is 29.2 Å². The molecule has 0 bridgehead atoms. The first-order valence-electron chi connectivity index (χ1n) is 3.73. The Bertz CT molecular complexity index is 427. The van der Waals surface area contributed by atoms with Crippen LogP contribution in [-0.4, -0.2) is 15.6 Å². The molecule has 1 unspecified atom stereocenters. The first-order chi connectivity index (χ1) is 6.43. The van der Waals surface area contributed by atoms with Crippen LogP contribution in [0.3, 0.4) is 0 Å². The van der Waals surface area contributed by atoms with Gasteiger partial charge in [0.2, 0.25) is 0 Å². The molecule has 4 nitrogen and oxygen atoms in total. The number of aromatic nitrogens is 1. The maximum Gasteiger partial charge on any atom is 0.326 e. The molecule has 0 aliphatic rings. The molecule has 14 heavy (non-hydrogen) atoms. The highest BCUT2D eigenvalue weighted by atomic mass is 35.5. The van der Waals surface area contributed by atoms with Crippen LogP contribution in [0.25, 0.3) is 0 Å². The number of hydrogen-bond acceptors (Lipinski definition) is 2. The zero-order chi connectivity index (χ0) is 10.9. The number of rotatable bonds is 2. The number of carbonyl (C=O) groups is 1. The lowest BCUT2D eigenvalue weighted by Crippen LogP contribution is -2.27. The van der Waals surface area contributed by atoms with Crippen molar-refractivity contribution in [3.8, 4) is 0 Å². The fraction of sp³-hybridized carbons (Fsp3) is 0.250. The molecule has 0 aromatic carbocycles. The van der Waals surface area contributed by atoms with Gasteiger partial charge >= 0.3 is 5.97 Å². The van der Waals surface area contributed by atoms with Crippen molar-refractivity contribution in [2.75, 3.05) is 0 Å². The molecule has 1 N–H and O–H groups in total. The van der Waals surface area contributed by atoms with Crippen LogP contribution in [0, 0.1) is 0 Å². The fourth-order valence-electron chi connectivity index (χ4n) is 0.942. The molecule has 0 saturated heterocycles. The minimum absolute atomic E-state index is 0.0920. The van der Waals surface area contributed by atoms with E-state index in [9.17, 15) is 9.59 Å². The molecular weight excluding hydrogens is 229 g/mol. The van der Waals surface area contributed by atoms with E-state index >= 15 is 0 Å². The Morgan fingerprint density at radius 1 is 1.57 bits per heavy atom. The lowest BCUT2D eigenvalue weighted by molar-refractivity contribution is -0.140. The maximum absolute atomic E-state index is 11.4. The second-order valence-electron chi connectivity index (χ2n) is 2.73. The van der Waals surface area contributed by atoms with Crippen molar-refractivity contribution in [2.24, 2.45) is 0 Å². The zero-order valence-electron chi connectivity index (χ0n) is 7.20. The van der Waals surface area contributed by atoms with Crippen molar-refractivity contribution in [3.63, 3.8) is 0 Å². The smallest absolute Gasteiger partial charge is 0.326 e. The highest BCUT2D eigenvalue weighted by molar-refractivity contribution is 6.34. The molecule has 0 spiro atoms. The molecule has 1 heterocycles. The van der Waals surface area contributed by atoms with E-state index in [0.717, 1.165) is 4.57 Å². The summed E-state index contributed by atoms with van der Waals surface area (Å²) in [5.74, 6) is -1.12. The molecule has 0 fully saturated rings. The summed E-state index contributed by atoms with van der Waals surface area (Å²) in [6, 6.07) is 0.287. The molecular formula is C8H7Cl2NO3. The van der Waals surface area contributed by atoms with E-state index in [1.807, 2.05) is 0 Å². The number of carboxylic acids is 1. The van der Waals surface area contributed by atoms with E-state index in [1.54, 1.807) is 0 Å². The summed E-state index contributed by atoms with van der Waals surface area (Å²) < 4.78 is 0.979. The largest absolute Gasteiger partial charge is 0.480 e. The van der Waals surface area contributed by atoms with Crippen LogP contribution in [-0.2, 0) is 4.79 Å². The van der Waals surface area contributed by atoms with Gasteiger partial charge in [0.15, 0.2) is 0 Å². The van der Waals surface area contributed by atoms with Gasteiger partial charge in [-0.3, -0.25) is 9.36 Å². The topological polar surface area (TPSA) is 59.3 Å². The molecule has 0 radical (unpaired) electrons. The summed E-state index contributed by atoms with van der Waals surface area (Å²) in [5.41, 5.74) is -0.564. The Labute approximate surface area is 89.7 Å². The molecule has 1 aromatic rings. The van der Waals surface area contributed by atoms with E-state index in [2.05, 4.69) is 0 Å². The Balaban J connectivity index is 3.34. The lowest BCUT2D eigenvalue weighted by Gasteiger charge is -2.10. The summed E-state index contributed by atoms with van der Waals surface area (Å²) in [6.07, 6.45) is 1.24. The van der Waals surface area contributed by atoms with Gasteiger partial charge in [-0.1, -0.05) is 23.2 Å². The molecule has 0 amide bonds. The molecule has 1 rings (SSSR count). The van der Waals surface area contributed by atoms with Gasteiger partial charge in [-0.2, -0.15) is 0 Å². The van der Waals surface area contributed by atoms with E-state index in [1.165, 1.54) is 19.2 Å². The number of aliphatic carboxylic acids is 1. The SMILES string of the molecule is CC(C(=O)O)n1cc(Cl)cc(Cl)c1=O. The highest BCUT2D eigenvalue weighted by Crippen LogP contribution is 2.14. The number of pyridine rings is 1. The van der Waals surface area contributed by atoms with Crippen LogP contribution in [0.5, 0.6) is 0 Å². The van der Waals surface area contributed by atoms with Crippen LogP contribution < -0.4 is 5.56 Å². The molecule has 76 valence electrons. The molecule has 1 atom stereocenters.